The highest BCUT2D eigenvalue weighted by molar-refractivity contribution is 5.86. The van der Waals surface area contributed by atoms with E-state index in [4.69, 9.17) is 0 Å². The predicted octanol–water partition coefficient (Wildman–Crippen LogP) is 17.1. The first-order chi connectivity index (χ1) is 40.7. The molecule has 1 aliphatic carbocycles. The summed E-state index contributed by atoms with van der Waals surface area (Å²) in [7, 11) is 0. The Morgan fingerprint density at radius 2 is 0.663 bits per heavy atom. The zero-order chi connectivity index (χ0) is 58.2. The monoisotopic (exact) mass is 1120 g/mol. The fourth-order valence-corrected chi connectivity index (χ4v) is 12.8. The van der Waals surface area contributed by atoms with E-state index < -0.39 is 0 Å². The fraction of sp³-hybridized carbons (Fsp3) is 0.440. The lowest BCUT2D eigenvalue weighted by molar-refractivity contribution is 0.158. The van der Waals surface area contributed by atoms with Crippen molar-refractivity contribution in [1.82, 2.24) is 9.80 Å². The van der Waals surface area contributed by atoms with E-state index in [0.29, 0.717) is 26.2 Å². The molecule has 0 amide bonds. The molecule has 83 heavy (non-hydrogen) atoms. The molecule has 0 spiro atoms. The van der Waals surface area contributed by atoms with Crippen LogP contribution in [0.4, 0.5) is 34.1 Å². The Morgan fingerprint density at radius 1 is 0.325 bits per heavy atom. The Bertz CT molecular complexity index is 2970. The van der Waals surface area contributed by atoms with Crippen molar-refractivity contribution in [3.05, 3.63) is 191 Å². The lowest BCUT2D eigenvalue weighted by atomic mass is 9.70. The van der Waals surface area contributed by atoms with Gasteiger partial charge in [0.25, 0.3) is 0 Å². The zero-order valence-corrected chi connectivity index (χ0v) is 50.9. The molecule has 1 unspecified atom stereocenters. The third kappa shape index (κ3) is 17.1. The molecular formula is C75H98N4O4. The maximum atomic E-state index is 9.63. The van der Waals surface area contributed by atoms with Crippen LogP contribution in [0, 0.1) is 13.8 Å². The largest absolute Gasteiger partial charge is 0.395 e. The van der Waals surface area contributed by atoms with Crippen molar-refractivity contribution in [2.24, 2.45) is 0 Å². The summed E-state index contributed by atoms with van der Waals surface area (Å²) in [6, 6.07) is 60.1. The summed E-state index contributed by atoms with van der Waals surface area (Å²) >= 11 is 0. The lowest BCUT2D eigenvalue weighted by Crippen LogP contribution is -2.30. The molecule has 1 aliphatic rings. The van der Waals surface area contributed by atoms with Crippen molar-refractivity contribution < 1.29 is 20.4 Å². The van der Waals surface area contributed by atoms with Gasteiger partial charge in [-0.05, 0) is 202 Å². The van der Waals surface area contributed by atoms with Crippen LogP contribution in [0.5, 0.6) is 0 Å². The van der Waals surface area contributed by atoms with Crippen molar-refractivity contribution in [2.45, 2.75) is 149 Å². The lowest BCUT2D eigenvalue weighted by Gasteiger charge is -2.33. The van der Waals surface area contributed by atoms with Gasteiger partial charge in [0.05, 0.1) is 26.4 Å². The minimum absolute atomic E-state index is 0.0963. The Hall–Kier alpha value is -6.10. The van der Waals surface area contributed by atoms with Gasteiger partial charge in [-0.25, -0.2) is 0 Å². The van der Waals surface area contributed by atoms with Gasteiger partial charge in [0.2, 0.25) is 0 Å². The van der Waals surface area contributed by atoms with Gasteiger partial charge >= 0.3 is 0 Å². The van der Waals surface area contributed by atoms with Crippen LogP contribution in [-0.2, 0) is 18.3 Å². The van der Waals surface area contributed by atoms with E-state index in [0.717, 1.165) is 118 Å². The topological polar surface area (TPSA) is 93.9 Å². The maximum absolute atomic E-state index is 9.63. The third-order valence-corrected chi connectivity index (χ3v) is 17.5. The molecule has 7 aromatic carbocycles. The van der Waals surface area contributed by atoms with Crippen LogP contribution in [0.1, 0.15) is 150 Å². The van der Waals surface area contributed by atoms with Crippen LogP contribution >= 0.6 is 0 Å². The van der Waals surface area contributed by atoms with Crippen molar-refractivity contribution in [3.63, 3.8) is 0 Å². The highest BCUT2D eigenvalue weighted by Crippen LogP contribution is 2.55. The molecule has 0 heterocycles. The second-order valence-electron chi connectivity index (χ2n) is 23.6. The number of aryl methyl sites for hydroxylation is 4. The van der Waals surface area contributed by atoms with Crippen LogP contribution in [0.2, 0.25) is 0 Å². The molecule has 0 saturated carbocycles. The van der Waals surface area contributed by atoms with Gasteiger partial charge in [0.15, 0.2) is 0 Å². The summed E-state index contributed by atoms with van der Waals surface area (Å²) in [6.07, 6.45) is 20.6. The Kier molecular flexibility index (Phi) is 24.9. The smallest absolute Gasteiger partial charge is 0.0558 e. The highest BCUT2D eigenvalue weighted by atomic mass is 16.3. The number of fused-ring (bicyclic) bond motifs is 3. The standard InChI is InChI=1S/C75H98N4O4/c1-5-7-19-61-24-33-66(34-25-61)78(65-31-21-59(3)22-32-65)69-39-41-70(42-40-69)79(67-35-26-62(27-36-67)20-8-6-2)68-37-28-63(29-38-68)64-30-44-72-71-43-23-60(4)57-73(71)75(74(72)58-64,46-16-12-14-18-48-77(51-55-82)52-56-83)45-15-11-9-10-13-17-47-76(49-53-80)50-54-81/h21-44,57-58,80-83H,5-20,45-56H2,1-4H3. The quantitative estimate of drug-likeness (QED) is 0.0286. The molecule has 0 radical (unpaired) electrons. The molecule has 0 aromatic heterocycles. The molecule has 4 N–H and O–H groups in total. The number of rotatable bonds is 37. The molecule has 8 rings (SSSR count). The third-order valence-electron chi connectivity index (χ3n) is 17.5. The number of unbranched alkanes of at least 4 members (excludes halogenated alkanes) is 10. The summed E-state index contributed by atoms with van der Waals surface area (Å²) in [5.74, 6) is 0. The molecule has 7 aromatic rings. The summed E-state index contributed by atoms with van der Waals surface area (Å²) in [5.41, 5.74) is 20.1. The minimum atomic E-state index is -0.0963. The van der Waals surface area contributed by atoms with Crippen molar-refractivity contribution >= 4 is 34.1 Å². The number of aliphatic hydroxyl groups excluding tert-OH is 4. The van der Waals surface area contributed by atoms with E-state index in [1.807, 2.05) is 0 Å². The first kappa shape index (κ1) is 62.9. The normalized spacial score (nSPS) is 13.7. The molecular weight excluding hydrogens is 1020 g/mol. The predicted molar refractivity (Wildman–Crippen MR) is 351 cm³/mol. The maximum Gasteiger partial charge on any atom is 0.0558 e. The van der Waals surface area contributed by atoms with Gasteiger partial charge in [-0.3, -0.25) is 9.80 Å². The SMILES string of the molecule is CCCCc1ccc(N(c2ccc(C)cc2)c2ccc(N(c3ccc(CCCC)cc3)c3ccc(-c4ccc5c(c4)C(CCCCCCCCN(CCO)CCO)(CCCCCCN(CCO)CCO)c4cc(C)ccc4-5)cc3)cc2)cc1. The number of aliphatic hydroxyl groups is 4. The molecule has 8 heteroatoms. The second kappa shape index (κ2) is 32.8. The molecule has 0 fully saturated rings. The summed E-state index contributed by atoms with van der Waals surface area (Å²) in [5, 5.41) is 38.3. The first-order valence-corrected chi connectivity index (χ1v) is 31.9. The van der Waals surface area contributed by atoms with Gasteiger partial charge in [-0.15, -0.1) is 0 Å². The van der Waals surface area contributed by atoms with E-state index in [1.165, 1.54) is 101 Å². The molecule has 1 atom stereocenters. The Labute approximate surface area is 499 Å². The molecule has 0 saturated heterocycles. The van der Waals surface area contributed by atoms with Gasteiger partial charge in [-0.2, -0.15) is 0 Å². The second-order valence-corrected chi connectivity index (χ2v) is 23.6. The Morgan fingerprint density at radius 3 is 1.08 bits per heavy atom. The van der Waals surface area contributed by atoms with Crippen molar-refractivity contribution in [1.29, 1.82) is 0 Å². The zero-order valence-electron chi connectivity index (χ0n) is 50.9. The average molecular weight is 1120 g/mol. The number of hydrogen-bond donors (Lipinski definition) is 4. The molecule has 0 aliphatic heterocycles. The fourth-order valence-electron chi connectivity index (χ4n) is 12.8. The number of nitrogens with zero attached hydrogens (tertiary/aromatic N) is 4. The van der Waals surface area contributed by atoms with E-state index >= 15 is 0 Å². The van der Waals surface area contributed by atoms with Crippen LogP contribution < -0.4 is 9.80 Å². The number of anilines is 6. The molecule has 442 valence electrons. The van der Waals surface area contributed by atoms with Crippen LogP contribution in [0.25, 0.3) is 22.3 Å². The number of hydrogen-bond acceptors (Lipinski definition) is 8. The van der Waals surface area contributed by atoms with E-state index in [9.17, 15) is 20.4 Å². The first-order valence-electron chi connectivity index (χ1n) is 31.9. The van der Waals surface area contributed by atoms with E-state index in [1.54, 1.807) is 0 Å². The van der Waals surface area contributed by atoms with Crippen molar-refractivity contribution in [2.75, 3.05) is 75.5 Å². The van der Waals surface area contributed by atoms with Gasteiger partial charge in [0, 0.05) is 65.7 Å². The van der Waals surface area contributed by atoms with Gasteiger partial charge in [0.1, 0.15) is 0 Å². The van der Waals surface area contributed by atoms with Crippen molar-refractivity contribution in [3.8, 4) is 22.3 Å². The summed E-state index contributed by atoms with van der Waals surface area (Å²) in [6.45, 7) is 13.7. The van der Waals surface area contributed by atoms with Crippen LogP contribution in [-0.4, -0.2) is 95.9 Å². The van der Waals surface area contributed by atoms with E-state index in [-0.39, 0.29) is 31.8 Å². The van der Waals surface area contributed by atoms with Crippen LogP contribution in [0.3, 0.4) is 0 Å². The minimum Gasteiger partial charge on any atom is -0.395 e. The van der Waals surface area contributed by atoms with Gasteiger partial charge in [-0.1, -0.05) is 168 Å². The Balaban J connectivity index is 1.08. The average Bonchev–Trinajstić information content (AvgIpc) is 2.62. The van der Waals surface area contributed by atoms with Crippen LogP contribution in [0.15, 0.2) is 158 Å². The van der Waals surface area contributed by atoms with E-state index in [2.05, 4.69) is 205 Å². The summed E-state index contributed by atoms with van der Waals surface area (Å²) in [4.78, 5) is 9.12. The number of benzene rings is 7. The molecule has 0 bridgehead atoms. The summed E-state index contributed by atoms with van der Waals surface area (Å²) < 4.78 is 0. The van der Waals surface area contributed by atoms with Gasteiger partial charge < -0.3 is 30.2 Å². The molecule has 8 nitrogen and oxygen atoms in total. The highest BCUT2D eigenvalue weighted by Gasteiger charge is 2.42.